The average Bonchev–Trinajstić information content (AvgIpc) is 3.54. The Morgan fingerprint density at radius 2 is 2.02 bits per heavy atom. The third kappa shape index (κ3) is 11.4. The minimum atomic E-state index is -3.95. The average molecular weight is 677 g/mol. The molecule has 1 aliphatic rings. The molecule has 252 valence electrons. The molecule has 1 heterocycles. The molecule has 0 fully saturated rings. The lowest BCUT2D eigenvalue weighted by Crippen LogP contribution is -2.53. The quantitative estimate of drug-likeness (QED) is 0.0921. The molecule has 47 heavy (non-hydrogen) atoms. The van der Waals surface area contributed by atoms with Gasteiger partial charge >= 0.3 is 0 Å². The summed E-state index contributed by atoms with van der Waals surface area (Å²) in [6, 6.07) is 1.79. The van der Waals surface area contributed by atoms with Crippen LogP contribution in [0.1, 0.15) is 52.9 Å². The van der Waals surface area contributed by atoms with E-state index in [2.05, 4.69) is 27.4 Å². The number of nitrogens with zero attached hydrogens (tertiary/aromatic N) is 5. The molecule has 0 aliphatic heterocycles. The maximum absolute atomic E-state index is 15.6. The lowest BCUT2D eigenvalue weighted by molar-refractivity contribution is -0.168. The molecular weight excluding hydrogens is 639 g/mol. The van der Waals surface area contributed by atoms with E-state index in [-0.39, 0.29) is 35.7 Å². The summed E-state index contributed by atoms with van der Waals surface area (Å²) in [4.78, 5) is 0.491. The molecule has 1 aromatic heterocycles. The van der Waals surface area contributed by atoms with Crippen LogP contribution in [-0.4, -0.2) is 46.8 Å². The van der Waals surface area contributed by atoms with Crippen LogP contribution in [0, 0.1) is 29.1 Å². The van der Waals surface area contributed by atoms with Gasteiger partial charge in [0.15, 0.2) is 5.60 Å². The molecule has 0 bridgehead atoms. The van der Waals surface area contributed by atoms with Gasteiger partial charge in [-0.3, -0.25) is 4.21 Å². The van der Waals surface area contributed by atoms with Crippen LogP contribution in [0.15, 0.2) is 100 Å². The molecule has 2 rings (SSSR count). The molecule has 0 amide bonds. The van der Waals surface area contributed by atoms with Crippen molar-refractivity contribution in [2.24, 2.45) is 11.7 Å². The molecule has 3 unspecified atom stereocenters. The van der Waals surface area contributed by atoms with Gasteiger partial charge in [-0.05, 0) is 61.8 Å². The van der Waals surface area contributed by atoms with Gasteiger partial charge in [0, 0.05) is 52.8 Å². The number of hydrogen-bond donors (Lipinski definition) is 2. The van der Waals surface area contributed by atoms with Crippen LogP contribution in [0.2, 0.25) is 0 Å². The molecule has 0 radical (unpaired) electrons. The van der Waals surface area contributed by atoms with Gasteiger partial charge in [-0.1, -0.05) is 43.1 Å². The Bertz CT molecular complexity index is 1620. The van der Waals surface area contributed by atoms with Crippen LogP contribution in [0.25, 0.3) is 0 Å². The molecule has 0 saturated carbocycles. The number of tetrazole rings is 1. The Kier molecular flexibility index (Phi) is 15.4. The predicted octanol–water partition coefficient (Wildman–Crippen LogP) is 6.65. The molecular formula is C33H37F5N6O2S. The summed E-state index contributed by atoms with van der Waals surface area (Å²) >= 11 is 0. The maximum Gasteiger partial charge on any atom is 0.285 e. The lowest BCUT2D eigenvalue weighted by Gasteiger charge is -2.38. The third-order valence-electron chi connectivity index (χ3n) is 6.88. The molecule has 3 N–H and O–H groups in total. The molecule has 1 aromatic rings. The number of nitriles is 1. The van der Waals surface area contributed by atoms with Gasteiger partial charge in [0.1, 0.15) is 29.9 Å². The monoisotopic (exact) mass is 676 g/mol. The van der Waals surface area contributed by atoms with Crippen molar-refractivity contribution in [3.63, 3.8) is 0 Å². The Morgan fingerprint density at radius 3 is 2.62 bits per heavy atom. The Balaban J connectivity index is 2.11. The Morgan fingerprint density at radius 1 is 1.28 bits per heavy atom. The van der Waals surface area contributed by atoms with Crippen LogP contribution >= 0.6 is 0 Å². The second-order valence-electron chi connectivity index (χ2n) is 10.4. The van der Waals surface area contributed by atoms with E-state index in [9.17, 15) is 22.5 Å². The van der Waals surface area contributed by atoms with Crippen LogP contribution in [0.5, 0.6) is 0 Å². The van der Waals surface area contributed by atoms with Crippen LogP contribution in [-0.2, 0) is 17.3 Å². The number of alkyl halides is 2. The van der Waals surface area contributed by atoms with Crippen molar-refractivity contribution in [3.8, 4) is 17.9 Å². The van der Waals surface area contributed by atoms with Crippen LogP contribution in [0.4, 0.5) is 22.0 Å². The van der Waals surface area contributed by atoms with Gasteiger partial charge in [0.25, 0.3) is 5.92 Å². The van der Waals surface area contributed by atoms with Gasteiger partial charge in [0.2, 0.25) is 0 Å². The van der Waals surface area contributed by atoms with Gasteiger partial charge < -0.3 is 10.8 Å². The summed E-state index contributed by atoms with van der Waals surface area (Å²) < 4.78 is 87.1. The minimum absolute atomic E-state index is 0.0586. The number of allylic oxidation sites excluding steroid dienone is 13. The summed E-state index contributed by atoms with van der Waals surface area (Å²) in [7, 11) is -1.44. The molecule has 0 spiro atoms. The zero-order valence-electron chi connectivity index (χ0n) is 26.3. The van der Waals surface area contributed by atoms with Crippen molar-refractivity contribution in [2.45, 2.75) is 70.9 Å². The van der Waals surface area contributed by atoms with E-state index in [0.717, 1.165) is 23.3 Å². The fraction of sp³-hybridized carbons (Fsp3) is 0.394. The number of aromatic nitrogens is 4. The molecule has 3 atom stereocenters. The predicted molar refractivity (Wildman–Crippen MR) is 171 cm³/mol. The van der Waals surface area contributed by atoms with Gasteiger partial charge in [-0.25, -0.2) is 26.6 Å². The fourth-order valence-corrected chi connectivity index (χ4v) is 5.40. The van der Waals surface area contributed by atoms with Crippen LogP contribution < -0.4 is 5.73 Å². The topological polar surface area (TPSA) is 131 Å². The van der Waals surface area contributed by atoms with Crippen molar-refractivity contribution in [3.05, 3.63) is 100 Å². The van der Waals surface area contributed by atoms with Crippen molar-refractivity contribution in [1.29, 1.82) is 5.26 Å². The summed E-state index contributed by atoms with van der Waals surface area (Å²) in [6.45, 7) is 4.36. The number of rotatable bonds is 15. The van der Waals surface area contributed by atoms with Gasteiger partial charge in [-0.2, -0.15) is 5.26 Å². The second kappa shape index (κ2) is 18.7. The first-order valence-corrected chi connectivity index (χ1v) is 16.0. The number of hydrogen-bond acceptors (Lipinski definition) is 7. The smallest absolute Gasteiger partial charge is 0.285 e. The molecule has 14 heteroatoms. The lowest BCUT2D eigenvalue weighted by atomic mass is 9.80. The highest BCUT2D eigenvalue weighted by Crippen LogP contribution is 2.44. The first-order chi connectivity index (χ1) is 22.3. The number of halogens is 5. The highest BCUT2D eigenvalue weighted by molar-refractivity contribution is 7.89. The van der Waals surface area contributed by atoms with E-state index >= 15 is 8.78 Å². The zero-order valence-corrected chi connectivity index (χ0v) is 27.1. The van der Waals surface area contributed by atoms with Crippen LogP contribution in [0.3, 0.4) is 0 Å². The minimum Gasteiger partial charge on any atom is -0.404 e. The maximum atomic E-state index is 15.6. The second-order valence-corrected chi connectivity index (χ2v) is 11.9. The molecule has 0 saturated heterocycles. The highest BCUT2D eigenvalue weighted by Gasteiger charge is 2.56. The molecule has 1 aliphatic carbocycles. The van der Waals surface area contributed by atoms with E-state index in [4.69, 9.17) is 11.0 Å². The summed E-state index contributed by atoms with van der Waals surface area (Å²) in [5.41, 5.74) is 2.01. The zero-order chi connectivity index (χ0) is 35.0. The van der Waals surface area contributed by atoms with Gasteiger partial charge in [0.05, 0.1) is 22.9 Å². The fourth-order valence-electron chi connectivity index (χ4n) is 4.33. The highest BCUT2D eigenvalue weighted by atomic mass is 32.2. The van der Waals surface area contributed by atoms with Crippen molar-refractivity contribution in [2.75, 3.05) is 5.75 Å². The first-order valence-electron chi connectivity index (χ1n) is 14.7. The SMILES string of the molecule is C/C=C(\C=C/C(C)C#CC(/C=C\CC(F)(F)C(O)(Cn1cnnn1)C1=C(F)C=C(F)CC1)=C/N)S(=O)CC/C=C(F)\C(C#N)=C/CC. The normalized spacial score (nSPS) is 18.1. The number of nitrogens with two attached hydrogens (primary N) is 1. The molecule has 8 nitrogen and oxygen atoms in total. The van der Waals surface area contributed by atoms with Crippen molar-refractivity contribution >= 4 is 10.8 Å². The first kappa shape index (κ1) is 38.8. The van der Waals surface area contributed by atoms with E-state index < -0.39 is 64.8 Å². The standard InChI is InChI=1S/C33H37F5N6O2S/c1-4-8-26(21-40)30(35)10-7-18-47(46)28(5-2)15-12-24(3)11-13-25(20-39)9-6-17-33(37,38)32(45,22-44-23-41-42-43-44)29-16-14-27(34)19-31(29)36/h5-6,8-10,12,15,19-20,23-24,45H,4,7,14,16-18,22,39H2,1-3H3/b9-6-,15-12-,25-20+,26-8-,28-5+,30-10+. The Labute approximate surface area is 273 Å². The summed E-state index contributed by atoms with van der Waals surface area (Å²) in [5.74, 6) is -1.30. The Hall–Kier alpha value is -4.40. The molecule has 0 aromatic carbocycles. The van der Waals surface area contributed by atoms with E-state index in [1.54, 1.807) is 45.1 Å². The number of aliphatic hydroxyl groups is 1. The largest absolute Gasteiger partial charge is 0.404 e. The summed E-state index contributed by atoms with van der Waals surface area (Å²) in [6.07, 6.45) is 11.3. The third-order valence-corrected chi connectivity index (χ3v) is 8.38. The van der Waals surface area contributed by atoms with E-state index in [1.807, 2.05) is 0 Å². The van der Waals surface area contributed by atoms with E-state index in [1.165, 1.54) is 18.2 Å². The van der Waals surface area contributed by atoms with Crippen molar-refractivity contribution < 1.29 is 31.3 Å². The summed E-state index contributed by atoms with van der Waals surface area (Å²) in [5, 5.41) is 30.4. The van der Waals surface area contributed by atoms with E-state index in [0.29, 0.717) is 17.4 Å². The van der Waals surface area contributed by atoms with Gasteiger partial charge in [-0.15, -0.1) is 5.10 Å². The van der Waals surface area contributed by atoms with Crippen molar-refractivity contribution in [1.82, 2.24) is 20.2 Å².